The molecule has 0 radical (unpaired) electrons. The van der Waals surface area contributed by atoms with Gasteiger partial charge in [-0.2, -0.15) is 0 Å². The van der Waals surface area contributed by atoms with Gasteiger partial charge in [-0.3, -0.25) is 19.6 Å². The third kappa shape index (κ3) is 5.76. The van der Waals surface area contributed by atoms with Crippen LogP contribution in [0.15, 0.2) is 128 Å². The van der Waals surface area contributed by atoms with Crippen LogP contribution in [0.5, 0.6) is 5.75 Å². The topological polar surface area (TPSA) is 121 Å². The van der Waals surface area contributed by atoms with E-state index in [2.05, 4.69) is 34.2 Å². The van der Waals surface area contributed by atoms with Crippen molar-refractivity contribution < 1.29 is 24.6 Å². The molecule has 0 unspecified atom stereocenters. The Bertz CT molecular complexity index is 1670. The van der Waals surface area contributed by atoms with E-state index in [-0.39, 0.29) is 22.4 Å². The zero-order valence-corrected chi connectivity index (χ0v) is 21.6. The number of nitrogens with zero attached hydrogens (tertiary/aromatic N) is 3. The third-order valence-electron chi connectivity index (χ3n) is 6.28. The number of imide groups is 1. The summed E-state index contributed by atoms with van der Waals surface area (Å²) in [6, 6.07) is 34.0. The van der Waals surface area contributed by atoms with Crippen molar-refractivity contribution >= 4 is 45.3 Å². The lowest BCUT2D eigenvalue weighted by Crippen LogP contribution is -2.29. The molecule has 0 bridgehead atoms. The highest BCUT2D eigenvalue weighted by Gasteiger charge is 2.37. The number of hydrogen-bond acceptors (Lipinski definition) is 6. The summed E-state index contributed by atoms with van der Waals surface area (Å²) in [6.07, 6.45) is 3.62. The first kappa shape index (κ1) is 26.7. The molecule has 3 heterocycles. The highest BCUT2D eigenvalue weighted by atomic mass is 16.4. The van der Waals surface area contributed by atoms with Crippen molar-refractivity contribution in [1.82, 2.24) is 9.97 Å². The number of aromatic nitrogens is 2. The van der Waals surface area contributed by atoms with Gasteiger partial charge in [-0.05, 0) is 54.6 Å². The van der Waals surface area contributed by atoms with Gasteiger partial charge in [-0.1, -0.05) is 60.7 Å². The number of pyridine rings is 2. The number of carbonyl (C=O) groups is 3. The number of fused-ring (bicyclic) bond motifs is 3. The predicted molar refractivity (Wildman–Crippen MR) is 156 cm³/mol. The van der Waals surface area contributed by atoms with Crippen molar-refractivity contribution in [1.29, 1.82) is 0 Å². The first-order valence-electron chi connectivity index (χ1n) is 12.6. The summed E-state index contributed by atoms with van der Waals surface area (Å²) in [6.45, 7) is 0. The number of rotatable bonds is 2. The Balaban J connectivity index is 0.000000139. The molecule has 2 amide bonds. The fourth-order valence-electron chi connectivity index (χ4n) is 4.29. The van der Waals surface area contributed by atoms with Gasteiger partial charge in [0.05, 0.1) is 33.4 Å². The summed E-state index contributed by atoms with van der Waals surface area (Å²) in [7, 11) is 0. The van der Waals surface area contributed by atoms with Crippen LogP contribution in [0.3, 0.4) is 0 Å². The Labute approximate surface area is 234 Å². The van der Waals surface area contributed by atoms with Gasteiger partial charge < -0.3 is 10.2 Å². The second-order valence-electron chi connectivity index (χ2n) is 8.89. The van der Waals surface area contributed by atoms with E-state index >= 15 is 0 Å². The van der Waals surface area contributed by atoms with Crippen LogP contribution in [0.4, 0.5) is 5.69 Å². The van der Waals surface area contributed by atoms with E-state index in [1.54, 1.807) is 12.1 Å². The minimum absolute atomic E-state index is 0.0359. The van der Waals surface area contributed by atoms with Crippen LogP contribution in [0, 0.1) is 0 Å². The number of amides is 2. The molecule has 0 fully saturated rings. The maximum absolute atomic E-state index is 12.3. The summed E-state index contributed by atoms with van der Waals surface area (Å²) in [5, 5.41) is 21.2. The number of para-hydroxylation sites is 2. The van der Waals surface area contributed by atoms with E-state index in [0.29, 0.717) is 0 Å². The number of aromatic hydroxyl groups is 1. The third-order valence-corrected chi connectivity index (χ3v) is 6.28. The average Bonchev–Trinajstić information content (AvgIpc) is 3.27. The van der Waals surface area contributed by atoms with E-state index in [1.807, 2.05) is 60.9 Å². The van der Waals surface area contributed by atoms with E-state index in [9.17, 15) is 19.5 Å². The normalized spacial score (nSPS) is 11.8. The monoisotopic (exact) mass is 541 g/mol. The summed E-state index contributed by atoms with van der Waals surface area (Å²) >= 11 is 0. The number of hydrogen-bond donors (Lipinski definition) is 2. The standard InChI is InChI=1S/C15H9NO5.2C9H7N/c17-12-7-8(15(20)21)5-6-11(12)16-13(18)9-3-1-2-4-10(9)14(16)19;2*1-2-6-9-8(4-1)5-3-7-10-9/h1-7,17H,(H,20,21);2*1-7H. The molecule has 4 aromatic carbocycles. The molecule has 7 rings (SSSR count). The van der Waals surface area contributed by atoms with Crippen molar-refractivity contribution in [3.63, 3.8) is 0 Å². The Morgan fingerprint density at radius 3 is 1.54 bits per heavy atom. The van der Waals surface area contributed by atoms with Gasteiger partial charge >= 0.3 is 5.97 Å². The Hall–Kier alpha value is -5.89. The first-order valence-corrected chi connectivity index (χ1v) is 12.6. The number of carboxylic acid groups (broad SMARTS) is 1. The van der Waals surface area contributed by atoms with Gasteiger partial charge in [0.1, 0.15) is 5.75 Å². The van der Waals surface area contributed by atoms with Crippen molar-refractivity contribution in [2.75, 3.05) is 4.90 Å². The van der Waals surface area contributed by atoms with Crippen LogP contribution in [0.1, 0.15) is 31.1 Å². The van der Waals surface area contributed by atoms with Crippen LogP contribution in [-0.4, -0.2) is 38.0 Å². The molecular formula is C33H23N3O5. The summed E-state index contributed by atoms with van der Waals surface area (Å²) in [5.41, 5.74) is 2.46. The summed E-state index contributed by atoms with van der Waals surface area (Å²) in [5.74, 6) is -2.74. The van der Waals surface area contributed by atoms with Crippen LogP contribution in [-0.2, 0) is 0 Å². The van der Waals surface area contributed by atoms with Crippen molar-refractivity contribution in [2.45, 2.75) is 0 Å². The SMILES string of the molecule is O=C(O)c1ccc(N2C(=O)c3ccccc3C2=O)c(O)c1.c1ccc2ncccc2c1.c1ccc2ncccc2c1. The molecule has 2 N–H and O–H groups in total. The van der Waals surface area contributed by atoms with Crippen LogP contribution in [0.25, 0.3) is 21.8 Å². The quantitative estimate of drug-likeness (QED) is 0.245. The molecule has 0 aliphatic carbocycles. The Morgan fingerprint density at radius 2 is 1.07 bits per heavy atom. The summed E-state index contributed by atoms with van der Waals surface area (Å²) in [4.78, 5) is 44.5. The lowest BCUT2D eigenvalue weighted by Gasteiger charge is -2.15. The Kier molecular flexibility index (Phi) is 7.74. The fourth-order valence-corrected chi connectivity index (χ4v) is 4.29. The van der Waals surface area contributed by atoms with E-state index in [0.717, 1.165) is 22.0 Å². The predicted octanol–water partition coefficient (Wildman–Crippen LogP) is 6.36. The van der Waals surface area contributed by atoms with Gasteiger partial charge in [0.25, 0.3) is 11.8 Å². The highest BCUT2D eigenvalue weighted by molar-refractivity contribution is 6.34. The largest absolute Gasteiger partial charge is 0.506 e. The van der Waals surface area contributed by atoms with Crippen LogP contribution < -0.4 is 4.90 Å². The molecular weight excluding hydrogens is 518 g/mol. The van der Waals surface area contributed by atoms with Crippen molar-refractivity contribution in [3.8, 4) is 5.75 Å². The maximum Gasteiger partial charge on any atom is 0.335 e. The molecule has 41 heavy (non-hydrogen) atoms. The van der Waals surface area contributed by atoms with Gasteiger partial charge in [0, 0.05) is 23.2 Å². The second-order valence-corrected chi connectivity index (χ2v) is 8.89. The molecule has 0 spiro atoms. The first-order chi connectivity index (χ1) is 19.9. The number of benzene rings is 4. The van der Waals surface area contributed by atoms with Crippen molar-refractivity contribution in [3.05, 3.63) is 144 Å². The molecule has 2 aromatic heterocycles. The molecule has 0 atom stereocenters. The zero-order valence-electron chi connectivity index (χ0n) is 21.6. The minimum atomic E-state index is -1.21. The van der Waals surface area contributed by atoms with Gasteiger partial charge in [-0.25, -0.2) is 9.69 Å². The smallest absolute Gasteiger partial charge is 0.335 e. The molecule has 1 aliphatic rings. The number of carboxylic acids is 1. The van der Waals surface area contributed by atoms with Gasteiger partial charge in [0.2, 0.25) is 0 Å². The molecule has 0 saturated carbocycles. The Morgan fingerprint density at radius 1 is 0.610 bits per heavy atom. The molecule has 200 valence electrons. The fraction of sp³-hybridized carbons (Fsp3) is 0. The minimum Gasteiger partial charge on any atom is -0.506 e. The van der Waals surface area contributed by atoms with Crippen LogP contribution in [0.2, 0.25) is 0 Å². The van der Waals surface area contributed by atoms with E-state index < -0.39 is 23.5 Å². The number of phenolic OH excluding ortho intramolecular Hbond substituents is 1. The van der Waals surface area contributed by atoms with Crippen molar-refractivity contribution in [2.24, 2.45) is 0 Å². The maximum atomic E-state index is 12.3. The highest BCUT2D eigenvalue weighted by Crippen LogP contribution is 2.34. The van der Waals surface area contributed by atoms with Crippen LogP contribution >= 0.6 is 0 Å². The van der Waals surface area contributed by atoms with E-state index in [1.165, 1.54) is 35.0 Å². The molecule has 0 saturated heterocycles. The number of anilines is 1. The number of phenols is 1. The van der Waals surface area contributed by atoms with Gasteiger partial charge in [-0.15, -0.1) is 0 Å². The molecule has 6 aromatic rings. The number of aromatic carboxylic acids is 1. The molecule has 8 nitrogen and oxygen atoms in total. The lowest BCUT2D eigenvalue weighted by atomic mass is 10.1. The number of carbonyl (C=O) groups excluding carboxylic acids is 2. The average molecular weight is 542 g/mol. The van der Waals surface area contributed by atoms with Gasteiger partial charge in [0.15, 0.2) is 0 Å². The molecule has 1 aliphatic heterocycles. The summed E-state index contributed by atoms with van der Waals surface area (Å²) < 4.78 is 0. The lowest BCUT2D eigenvalue weighted by molar-refractivity contribution is 0.0696. The second kappa shape index (κ2) is 11.9. The molecule has 8 heteroatoms. The van der Waals surface area contributed by atoms with E-state index in [4.69, 9.17) is 5.11 Å². The zero-order chi connectivity index (χ0) is 28.8.